The average molecular weight is 253 g/mol. The minimum Gasteiger partial charge on any atom is -0.506 e. The van der Waals surface area contributed by atoms with Gasteiger partial charge in [-0.05, 0) is 28.9 Å². The van der Waals surface area contributed by atoms with Gasteiger partial charge in [0.1, 0.15) is 11.4 Å². The highest BCUT2D eigenvalue weighted by atomic mass is 16.3. The van der Waals surface area contributed by atoms with E-state index in [0.717, 1.165) is 0 Å². The van der Waals surface area contributed by atoms with Crippen molar-refractivity contribution in [2.24, 2.45) is 5.18 Å². The van der Waals surface area contributed by atoms with Crippen LogP contribution in [-0.2, 0) is 0 Å². The Balaban J connectivity index is 2.19. The van der Waals surface area contributed by atoms with Crippen LogP contribution in [0.5, 0.6) is 5.75 Å². The number of allylic oxidation sites excluding steroid dienone is 1. The Bertz CT molecular complexity index is 633. The molecule has 0 atom stereocenters. The number of hydrogen-bond acceptors (Lipinski definition) is 4. The monoisotopic (exact) mass is 253 g/mol. The number of benzene rings is 2. The van der Waals surface area contributed by atoms with E-state index in [4.69, 9.17) is 0 Å². The number of nitroso groups, excluding NO2 is 1. The van der Waals surface area contributed by atoms with Crippen LogP contribution in [-0.4, -0.2) is 10.9 Å². The summed E-state index contributed by atoms with van der Waals surface area (Å²) < 4.78 is 0. The van der Waals surface area contributed by atoms with E-state index in [1.807, 2.05) is 6.07 Å². The van der Waals surface area contributed by atoms with Crippen molar-refractivity contribution in [1.29, 1.82) is 0 Å². The highest BCUT2D eigenvalue weighted by Gasteiger charge is 2.02. The quantitative estimate of drug-likeness (QED) is 0.513. The smallest absolute Gasteiger partial charge is 0.185 e. The molecule has 0 amide bonds. The number of nitrogens with zero attached hydrogens (tertiary/aromatic N) is 1. The molecule has 0 unspecified atom stereocenters. The summed E-state index contributed by atoms with van der Waals surface area (Å²) in [6.07, 6.45) is 2.99. The topological polar surface area (TPSA) is 66.7 Å². The molecule has 0 aliphatic heterocycles. The van der Waals surface area contributed by atoms with Crippen molar-refractivity contribution in [3.8, 4) is 5.75 Å². The molecule has 0 bridgehead atoms. The molecule has 2 aromatic rings. The van der Waals surface area contributed by atoms with Crippen molar-refractivity contribution in [2.75, 3.05) is 0 Å². The Morgan fingerprint density at radius 1 is 1.11 bits per heavy atom. The SMILES string of the molecule is O=Nc1cc(/C=C/C(=O)c2ccccc2)ccc1O. The molecule has 0 aromatic heterocycles. The van der Waals surface area contributed by atoms with E-state index in [1.165, 1.54) is 18.2 Å². The van der Waals surface area contributed by atoms with Gasteiger partial charge in [-0.1, -0.05) is 42.5 Å². The number of phenolic OH excluding ortho intramolecular Hbond substituents is 1. The molecule has 0 spiro atoms. The molecule has 2 rings (SSSR count). The molecule has 0 aliphatic rings. The Morgan fingerprint density at radius 3 is 2.53 bits per heavy atom. The van der Waals surface area contributed by atoms with E-state index in [9.17, 15) is 14.8 Å². The summed E-state index contributed by atoms with van der Waals surface area (Å²) in [4.78, 5) is 22.3. The van der Waals surface area contributed by atoms with Crippen molar-refractivity contribution in [1.82, 2.24) is 0 Å². The summed E-state index contributed by atoms with van der Waals surface area (Å²) >= 11 is 0. The lowest BCUT2D eigenvalue weighted by Gasteiger charge is -1.98. The first-order valence-corrected chi connectivity index (χ1v) is 5.64. The fourth-order valence-corrected chi connectivity index (χ4v) is 1.59. The van der Waals surface area contributed by atoms with Crippen LogP contribution in [0.4, 0.5) is 5.69 Å². The van der Waals surface area contributed by atoms with Gasteiger partial charge in [-0.3, -0.25) is 4.79 Å². The second kappa shape index (κ2) is 5.73. The molecule has 19 heavy (non-hydrogen) atoms. The number of hydrogen-bond donors (Lipinski definition) is 1. The van der Waals surface area contributed by atoms with Crippen LogP contribution >= 0.6 is 0 Å². The van der Waals surface area contributed by atoms with Crippen molar-refractivity contribution >= 4 is 17.5 Å². The van der Waals surface area contributed by atoms with E-state index < -0.39 is 0 Å². The van der Waals surface area contributed by atoms with Crippen molar-refractivity contribution < 1.29 is 9.90 Å². The predicted octanol–water partition coefficient (Wildman–Crippen LogP) is 3.69. The maximum absolute atomic E-state index is 11.8. The van der Waals surface area contributed by atoms with Gasteiger partial charge in [0.25, 0.3) is 0 Å². The van der Waals surface area contributed by atoms with Crippen LogP contribution in [0.15, 0.2) is 59.8 Å². The average Bonchev–Trinajstić information content (AvgIpc) is 2.47. The van der Waals surface area contributed by atoms with Crippen LogP contribution in [0.3, 0.4) is 0 Å². The van der Waals surface area contributed by atoms with Crippen LogP contribution in [0, 0.1) is 4.91 Å². The molecular weight excluding hydrogens is 242 g/mol. The second-order valence-corrected chi connectivity index (χ2v) is 3.90. The maximum atomic E-state index is 11.8. The molecular formula is C15H11NO3. The van der Waals surface area contributed by atoms with Gasteiger partial charge < -0.3 is 5.11 Å². The van der Waals surface area contributed by atoms with Crippen LogP contribution < -0.4 is 0 Å². The molecule has 1 N–H and O–H groups in total. The molecule has 0 radical (unpaired) electrons. The van der Waals surface area contributed by atoms with Gasteiger partial charge in [-0.2, -0.15) is 0 Å². The summed E-state index contributed by atoms with van der Waals surface area (Å²) in [5, 5.41) is 12.0. The number of rotatable bonds is 4. The van der Waals surface area contributed by atoms with Crippen molar-refractivity contribution in [2.45, 2.75) is 0 Å². The lowest BCUT2D eigenvalue weighted by molar-refractivity contribution is 0.104. The molecule has 4 nitrogen and oxygen atoms in total. The van der Waals surface area contributed by atoms with Gasteiger partial charge >= 0.3 is 0 Å². The number of ketones is 1. The minimum atomic E-state index is -0.179. The molecule has 0 saturated heterocycles. The fourth-order valence-electron chi connectivity index (χ4n) is 1.59. The van der Waals surface area contributed by atoms with E-state index >= 15 is 0 Å². The lowest BCUT2D eigenvalue weighted by atomic mass is 10.1. The van der Waals surface area contributed by atoms with Gasteiger partial charge in [-0.25, -0.2) is 0 Å². The predicted molar refractivity (Wildman–Crippen MR) is 73.4 cm³/mol. The highest BCUT2D eigenvalue weighted by Crippen LogP contribution is 2.27. The fraction of sp³-hybridized carbons (Fsp3) is 0. The normalized spacial score (nSPS) is 10.5. The molecule has 0 aliphatic carbocycles. The van der Waals surface area contributed by atoms with Crippen LogP contribution in [0.1, 0.15) is 15.9 Å². The summed E-state index contributed by atoms with van der Waals surface area (Å²) in [6, 6.07) is 13.2. The van der Waals surface area contributed by atoms with Crippen molar-refractivity contribution in [3.63, 3.8) is 0 Å². The third kappa shape index (κ3) is 3.13. The standard InChI is InChI=1S/C15H11NO3/c17-14(12-4-2-1-3-5-12)8-6-11-7-9-15(18)13(10-11)16-19/h1-10,18H/b8-6+. The molecule has 0 heterocycles. The summed E-state index contributed by atoms with van der Waals surface area (Å²) in [5.41, 5.74) is 1.16. The first-order chi connectivity index (χ1) is 9.20. The van der Waals surface area contributed by atoms with E-state index in [1.54, 1.807) is 36.4 Å². The van der Waals surface area contributed by atoms with Gasteiger partial charge in [0.05, 0.1) is 0 Å². The Hall–Kier alpha value is -2.75. The molecule has 94 valence electrons. The highest BCUT2D eigenvalue weighted by molar-refractivity contribution is 6.06. The zero-order chi connectivity index (χ0) is 13.7. The largest absolute Gasteiger partial charge is 0.506 e. The zero-order valence-electron chi connectivity index (χ0n) is 9.98. The number of aromatic hydroxyl groups is 1. The van der Waals surface area contributed by atoms with Gasteiger partial charge in [0.2, 0.25) is 0 Å². The minimum absolute atomic E-state index is 0.0469. The van der Waals surface area contributed by atoms with Crippen LogP contribution in [0.2, 0.25) is 0 Å². The van der Waals surface area contributed by atoms with E-state index in [0.29, 0.717) is 11.1 Å². The Labute approximate surface area is 110 Å². The van der Waals surface area contributed by atoms with Gasteiger partial charge in [0.15, 0.2) is 5.78 Å². The molecule has 4 heteroatoms. The lowest BCUT2D eigenvalue weighted by Crippen LogP contribution is -1.92. The number of phenols is 1. The summed E-state index contributed by atoms with van der Waals surface area (Å²) in [7, 11) is 0. The van der Waals surface area contributed by atoms with Crippen molar-refractivity contribution in [3.05, 3.63) is 70.6 Å². The number of carbonyl (C=O) groups is 1. The van der Waals surface area contributed by atoms with E-state index in [-0.39, 0.29) is 17.2 Å². The van der Waals surface area contributed by atoms with Crippen LogP contribution in [0.25, 0.3) is 6.08 Å². The summed E-state index contributed by atoms with van der Waals surface area (Å²) in [5.74, 6) is -0.309. The third-order valence-electron chi connectivity index (χ3n) is 2.58. The first-order valence-electron chi connectivity index (χ1n) is 5.64. The molecule has 0 fully saturated rings. The Kier molecular flexibility index (Phi) is 3.83. The van der Waals surface area contributed by atoms with Gasteiger partial charge in [0, 0.05) is 5.56 Å². The summed E-state index contributed by atoms with van der Waals surface area (Å²) in [6.45, 7) is 0. The third-order valence-corrected chi connectivity index (χ3v) is 2.58. The Morgan fingerprint density at radius 2 is 1.84 bits per heavy atom. The second-order valence-electron chi connectivity index (χ2n) is 3.90. The molecule has 2 aromatic carbocycles. The first kappa shape index (κ1) is 12.7. The van der Waals surface area contributed by atoms with E-state index in [2.05, 4.69) is 5.18 Å². The van der Waals surface area contributed by atoms with Gasteiger partial charge in [-0.15, -0.1) is 4.91 Å². The number of carbonyl (C=O) groups excluding carboxylic acids is 1. The maximum Gasteiger partial charge on any atom is 0.185 e. The molecule has 0 saturated carbocycles. The zero-order valence-corrected chi connectivity index (χ0v) is 9.98.